The van der Waals surface area contributed by atoms with Crippen LogP contribution in [0, 0.1) is 13.8 Å². The molecule has 6 nitrogen and oxygen atoms in total. The number of para-hydroxylation sites is 1. The van der Waals surface area contributed by atoms with Gasteiger partial charge in [-0.15, -0.1) is 0 Å². The van der Waals surface area contributed by atoms with Crippen LogP contribution < -0.4 is 4.90 Å². The SMILES string of the molecule is COCCN(C(=O)CCc1c(C)noc1C)c1nc2ccccc2s1. The number of carbonyl (C=O) groups excluding carboxylic acids is 1. The zero-order valence-electron chi connectivity index (χ0n) is 14.6. The summed E-state index contributed by atoms with van der Waals surface area (Å²) in [6.45, 7) is 4.71. The standard InChI is InChI=1S/C18H21N3O3S/c1-12-14(13(2)24-20-12)8-9-17(22)21(10-11-23-3)18-19-15-6-4-5-7-16(15)25-18/h4-7H,8-11H2,1-3H3. The summed E-state index contributed by atoms with van der Waals surface area (Å²) in [6.07, 6.45) is 0.983. The highest BCUT2D eigenvalue weighted by Crippen LogP contribution is 2.29. The summed E-state index contributed by atoms with van der Waals surface area (Å²) < 4.78 is 11.4. The lowest BCUT2D eigenvalue weighted by atomic mass is 10.1. The van der Waals surface area contributed by atoms with E-state index in [0.29, 0.717) is 31.1 Å². The number of hydrogen-bond acceptors (Lipinski definition) is 6. The van der Waals surface area contributed by atoms with Gasteiger partial charge in [-0.2, -0.15) is 0 Å². The maximum Gasteiger partial charge on any atom is 0.229 e. The summed E-state index contributed by atoms with van der Waals surface area (Å²) in [7, 11) is 1.63. The minimum atomic E-state index is 0.0242. The molecule has 0 radical (unpaired) electrons. The molecular weight excluding hydrogens is 338 g/mol. The molecule has 7 heteroatoms. The van der Waals surface area contributed by atoms with Gasteiger partial charge in [0.15, 0.2) is 5.13 Å². The summed E-state index contributed by atoms with van der Waals surface area (Å²) in [5.74, 6) is 0.796. The van der Waals surface area contributed by atoms with E-state index in [1.54, 1.807) is 12.0 Å². The number of benzene rings is 1. The smallest absolute Gasteiger partial charge is 0.229 e. The number of aryl methyl sites for hydroxylation is 2. The van der Waals surface area contributed by atoms with E-state index in [0.717, 1.165) is 27.2 Å². The van der Waals surface area contributed by atoms with Gasteiger partial charge in [0.25, 0.3) is 0 Å². The van der Waals surface area contributed by atoms with Crippen LogP contribution in [0.1, 0.15) is 23.4 Å². The fraction of sp³-hybridized carbons (Fsp3) is 0.389. The van der Waals surface area contributed by atoms with Crippen molar-refractivity contribution >= 4 is 32.6 Å². The Hall–Kier alpha value is -2.25. The summed E-state index contributed by atoms with van der Waals surface area (Å²) >= 11 is 1.52. The minimum Gasteiger partial charge on any atom is -0.383 e. The van der Waals surface area contributed by atoms with Gasteiger partial charge in [-0.3, -0.25) is 9.69 Å². The molecular formula is C18H21N3O3S. The molecule has 25 heavy (non-hydrogen) atoms. The molecule has 0 aliphatic heterocycles. The number of anilines is 1. The van der Waals surface area contributed by atoms with Crippen LogP contribution in [0.3, 0.4) is 0 Å². The molecule has 1 amide bonds. The Morgan fingerprint density at radius 1 is 1.32 bits per heavy atom. The molecule has 0 aliphatic rings. The first kappa shape index (κ1) is 17.6. The Kier molecular flexibility index (Phi) is 5.45. The maximum atomic E-state index is 12.8. The number of aromatic nitrogens is 2. The van der Waals surface area contributed by atoms with E-state index in [9.17, 15) is 4.79 Å². The molecule has 0 aliphatic carbocycles. The molecule has 1 aromatic carbocycles. The molecule has 2 heterocycles. The van der Waals surface area contributed by atoms with Crippen molar-refractivity contribution in [3.63, 3.8) is 0 Å². The number of amides is 1. The Morgan fingerprint density at radius 3 is 2.80 bits per heavy atom. The van der Waals surface area contributed by atoms with Gasteiger partial charge >= 0.3 is 0 Å². The fourth-order valence-corrected chi connectivity index (χ4v) is 3.72. The molecule has 0 unspecified atom stereocenters. The molecule has 0 saturated heterocycles. The molecule has 0 N–H and O–H groups in total. The monoisotopic (exact) mass is 359 g/mol. The lowest BCUT2D eigenvalue weighted by molar-refractivity contribution is -0.118. The number of carbonyl (C=O) groups is 1. The Morgan fingerprint density at radius 2 is 2.12 bits per heavy atom. The lowest BCUT2D eigenvalue weighted by Gasteiger charge is -2.19. The first-order valence-corrected chi connectivity index (χ1v) is 8.98. The number of thiazole rings is 1. The number of nitrogens with zero attached hydrogens (tertiary/aromatic N) is 3. The second kappa shape index (κ2) is 7.76. The van der Waals surface area contributed by atoms with E-state index in [1.165, 1.54) is 11.3 Å². The average molecular weight is 359 g/mol. The number of hydrogen-bond donors (Lipinski definition) is 0. The Balaban J connectivity index is 1.78. The zero-order chi connectivity index (χ0) is 17.8. The van der Waals surface area contributed by atoms with Crippen LogP contribution in [0.15, 0.2) is 28.8 Å². The van der Waals surface area contributed by atoms with Crippen LogP contribution in [0.25, 0.3) is 10.2 Å². The van der Waals surface area contributed by atoms with E-state index < -0.39 is 0 Å². The molecule has 0 bridgehead atoms. The van der Waals surface area contributed by atoms with Crippen molar-refractivity contribution < 1.29 is 14.1 Å². The highest BCUT2D eigenvalue weighted by Gasteiger charge is 2.20. The third-order valence-corrected chi connectivity index (χ3v) is 5.16. The normalized spacial score (nSPS) is 11.2. The number of fused-ring (bicyclic) bond motifs is 1. The molecule has 3 rings (SSSR count). The van der Waals surface area contributed by atoms with E-state index in [1.807, 2.05) is 38.1 Å². The van der Waals surface area contributed by atoms with Crippen LogP contribution in [0.4, 0.5) is 5.13 Å². The second-order valence-electron chi connectivity index (χ2n) is 5.81. The van der Waals surface area contributed by atoms with Gasteiger partial charge in [0.2, 0.25) is 5.91 Å². The van der Waals surface area contributed by atoms with Crippen LogP contribution in [-0.4, -0.2) is 36.3 Å². The minimum absolute atomic E-state index is 0.0242. The average Bonchev–Trinajstić information content (AvgIpc) is 3.17. The zero-order valence-corrected chi connectivity index (χ0v) is 15.4. The van der Waals surface area contributed by atoms with Crippen molar-refractivity contribution in [1.29, 1.82) is 0 Å². The summed E-state index contributed by atoms with van der Waals surface area (Å²) in [5, 5.41) is 4.66. The third kappa shape index (κ3) is 3.88. The molecule has 0 saturated carbocycles. The first-order valence-electron chi connectivity index (χ1n) is 8.16. The van der Waals surface area contributed by atoms with Crippen molar-refractivity contribution in [1.82, 2.24) is 10.1 Å². The van der Waals surface area contributed by atoms with E-state index >= 15 is 0 Å². The largest absolute Gasteiger partial charge is 0.383 e. The number of methoxy groups -OCH3 is 1. The van der Waals surface area contributed by atoms with Crippen LogP contribution in [0.5, 0.6) is 0 Å². The molecule has 0 atom stereocenters. The van der Waals surface area contributed by atoms with Crippen LogP contribution in [0.2, 0.25) is 0 Å². The summed E-state index contributed by atoms with van der Waals surface area (Å²) in [4.78, 5) is 19.1. The van der Waals surface area contributed by atoms with Crippen molar-refractivity contribution in [3.05, 3.63) is 41.3 Å². The maximum absolute atomic E-state index is 12.8. The van der Waals surface area contributed by atoms with Crippen LogP contribution in [-0.2, 0) is 16.0 Å². The van der Waals surface area contributed by atoms with E-state index in [4.69, 9.17) is 9.26 Å². The highest BCUT2D eigenvalue weighted by atomic mass is 32.1. The molecule has 2 aromatic heterocycles. The van der Waals surface area contributed by atoms with Gasteiger partial charge in [0.1, 0.15) is 5.76 Å². The van der Waals surface area contributed by atoms with Gasteiger partial charge in [-0.05, 0) is 32.4 Å². The Labute approximate surface area is 150 Å². The van der Waals surface area contributed by atoms with E-state index in [-0.39, 0.29) is 5.91 Å². The fourth-order valence-electron chi connectivity index (χ4n) is 2.71. The summed E-state index contributed by atoms with van der Waals surface area (Å²) in [5.41, 5.74) is 2.75. The Bertz CT molecular complexity index is 819. The van der Waals surface area contributed by atoms with E-state index in [2.05, 4.69) is 10.1 Å². The predicted octanol–water partition coefficient (Wildman–Crippen LogP) is 3.51. The van der Waals surface area contributed by atoms with Gasteiger partial charge in [0, 0.05) is 19.1 Å². The lowest BCUT2D eigenvalue weighted by Crippen LogP contribution is -2.34. The predicted molar refractivity (Wildman–Crippen MR) is 98.1 cm³/mol. The summed E-state index contributed by atoms with van der Waals surface area (Å²) in [6, 6.07) is 7.89. The molecule has 0 fully saturated rings. The van der Waals surface area contributed by atoms with Crippen LogP contribution >= 0.6 is 11.3 Å². The number of ether oxygens (including phenoxy) is 1. The molecule has 3 aromatic rings. The van der Waals surface area contributed by atoms with Crippen molar-refractivity contribution in [3.8, 4) is 0 Å². The van der Waals surface area contributed by atoms with Crippen molar-refractivity contribution in [2.75, 3.05) is 25.2 Å². The van der Waals surface area contributed by atoms with Gasteiger partial charge in [0.05, 0.1) is 29.1 Å². The first-order chi connectivity index (χ1) is 12.1. The number of rotatable bonds is 7. The van der Waals surface area contributed by atoms with Gasteiger partial charge in [-0.25, -0.2) is 4.98 Å². The third-order valence-electron chi connectivity index (χ3n) is 4.10. The quantitative estimate of drug-likeness (QED) is 0.646. The molecule has 0 spiro atoms. The molecule has 132 valence electrons. The van der Waals surface area contributed by atoms with Crippen molar-refractivity contribution in [2.24, 2.45) is 0 Å². The van der Waals surface area contributed by atoms with Gasteiger partial charge in [-0.1, -0.05) is 28.6 Å². The van der Waals surface area contributed by atoms with Gasteiger partial charge < -0.3 is 9.26 Å². The van der Waals surface area contributed by atoms with Crippen molar-refractivity contribution in [2.45, 2.75) is 26.7 Å². The second-order valence-corrected chi connectivity index (χ2v) is 6.81. The highest BCUT2D eigenvalue weighted by molar-refractivity contribution is 7.22. The topological polar surface area (TPSA) is 68.5 Å².